The summed E-state index contributed by atoms with van der Waals surface area (Å²) < 4.78 is 0. The van der Waals surface area contributed by atoms with E-state index < -0.39 is 0 Å². The first kappa shape index (κ1) is 45.5. The summed E-state index contributed by atoms with van der Waals surface area (Å²) in [5, 5.41) is 0. The first-order valence-corrected chi connectivity index (χ1v) is 24.3. The van der Waals surface area contributed by atoms with Crippen molar-refractivity contribution in [3.63, 3.8) is 0 Å². The van der Waals surface area contributed by atoms with Crippen LogP contribution in [0.4, 0.5) is 34.1 Å². The minimum atomic E-state index is 0.899. The van der Waals surface area contributed by atoms with Crippen LogP contribution in [0.25, 0.3) is 53.7 Å². The Morgan fingerprint density at radius 2 is 0.437 bits per heavy atom. The van der Waals surface area contributed by atoms with E-state index in [2.05, 4.69) is 307 Å². The molecule has 10 rings (SSSR count). The molecule has 340 valence electrons. The standard InChI is InChI=1S/C69H54N2/c1-5-14-54(15-6-1)22-13-23-58-30-42-64(43-31-58)70(65-44-32-59(33-45-65)27-24-55-16-7-2-8-17-55)68-50-38-62(39-51-68)63-40-52-69(53-41-63)71(66-46-34-60(35-47-66)28-25-56-18-9-3-10-19-56)67-48-36-61(37-49-67)29-26-57-20-11-4-12-21-57/h1-21,23-53H,22H2/b23-13+,27-24+,28-25+,29-26+. The molecule has 0 aliphatic rings. The Morgan fingerprint density at radius 3 is 0.718 bits per heavy atom. The predicted octanol–water partition coefficient (Wildman–Crippen LogP) is 19.1. The van der Waals surface area contributed by atoms with Gasteiger partial charge in [-0.25, -0.2) is 0 Å². The lowest BCUT2D eigenvalue weighted by Crippen LogP contribution is -2.10. The number of rotatable bonds is 16. The maximum atomic E-state index is 2.33. The molecule has 10 aromatic carbocycles. The highest BCUT2D eigenvalue weighted by Crippen LogP contribution is 2.39. The molecule has 2 nitrogen and oxygen atoms in total. The van der Waals surface area contributed by atoms with Crippen LogP contribution in [0.2, 0.25) is 0 Å². The molecular weight excluding hydrogens is 857 g/mol. The van der Waals surface area contributed by atoms with Gasteiger partial charge in [-0.3, -0.25) is 0 Å². The lowest BCUT2D eigenvalue weighted by atomic mass is 10.0. The minimum absolute atomic E-state index is 0.899. The largest absolute Gasteiger partial charge is 0.311 e. The lowest BCUT2D eigenvalue weighted by Gasteiger charge is -2.26. The van der Waals surface area contributed by atoms with Crippen LogP contribution in [0.15, 0.2) is 273 Å². The van der Waals surface area contributed by atoms with Gasteiger partial charge in [-0.05, 0) is 135 Å². The zero-order valence-electron chi connectivity index (χ0n) is 39.6. The second kappa shape index (κ2) is 22.7. The van der Waals surface area contributed by atoms with Crippen molar-refractivity contribution in [1.82, 2.24) is 0 Å². The van der Waals surface area contributed by atoms with E-state index in [9.17, 15) is 0 Å². The smallest absolute Gasteiger partial charge is 0.0462 e. The number of hydrogen-bond donors (Lipinski definition) is 0. The third-order valence-corrected chi connectivity index (χ3v) is 12.5. The summed E-state index contributed by atoms with van der Waals surface area (Å²) in [4.78, 5) is 4.66. The van der Waals surface area contributed by atoms with Crippen LogP contribution in [-0.2, 0) is 6.42 Å². The maximum Gasteiger partial charge on any atom is 0.0462 e. The fourth-order valence-corrected chi connectivity index (χ4v) is 8.65. The normalized spacial score (nSPS) is 11.5. The van der Waals surface area contributed by atoms with Crippen molar-refractivity contribution in [2.75, 3.05) is 9.80 Å². The molecule has 0 aliphatic carbocycles. The van der Waals surface area contributed by atoms with Gasteiger partial charge >= 0.3 is 0 Å². The van der Waals surface area contributed by atoms with E-state index in [1.165, 1.54) is 27.8 Å². The highest BCUT2D eigenvalue weighted by molar-refractivity contribution is 5.83. The van der Waals surface area contributed by atoms with Crippen molar-refractivity contribution in [2.45, 2.75) is 6.42 Å². The van der Waals surface area contributed by atoms with Crippen molar-refractivity contribution in [3.05, 3.63) is 318 Å². The van der Waals surface area contributed by atoms with E-state index in [1.54, 1.807) is 0 Å². The van der Waals surface area contributed by atoms with E-state index in [1.807, 2.05) is 18.2 Å². The zero-order chi connectivity index (χ0) is 47.9. The SMILES string of the molecule is C(=C\c1ccc(N(c2ccc(/C=C/c3ccccc3)cc2)c2ccc(-c3ccc(N(c4ccc(/C=C/c5ccccc5)cc4)c4ccc(/C=C/c5ccccc5)cc4)cc3)cc2)cc1)/Cc1ccccc1. The summed E-state index contributed by atoms with van der Waals surface area (Å²) >= 11 is 0. The van der Waals surface area contributed by atoms with Crippen molar-refractivity contribution >= 4 is 76.7 Å². The van der Waals surface area contributed by atoms with E-state index in [-0.39, 0.29) is 0 Å². The van der Waals surface area contributed by atoms with Crippen LogP contribution in [0.1, 0.15) is 44.5 Å². The molecule has 0 spiro atoms. The monoisotopic (exact) mass is 910 g/mol. The quantitative estimate of drug-likeness (QED) is 0.0891. The van der Waals surface area contributed by atoms with E-state index in [4.69, 9.17) is 0 Å². The number of nitrogens with zero attached hydrogens (tertiary/aromatic N) is 2. The molecule has 0 aromatic heterocycles. The second-order valence-electron chi connectivity index (χ2n) is 17.5. The van der Waals surface area contributed by atoms with Gasteiger partial charge in [-0.2, -0.15) is 0 Å². The molecule has 0 unspecified atom stereocenters. The van der Waals surface area contributed by atoms with E-state index in [0.29, 0.717) is 0 Å². The Bertz CT molecular complexity index is 3240. The summed E-state index contributed by atoms with van der Waals surface area (Å²) in [6.07, 6.45) is 18.3. The van der Waals surface area contributed by atoms with Crippen molar-refractivity contribution in [1.29, 1.82) is 0 Å². The van der Waals surface area contributed by atoms with Crippen molar-refractivity contribution < 1.29 is 0 Å². The summed E-state index contributed by atoms with van der Waals surface area (Å²) in [7, 11) is 0. The van der Waals surface area contributed by atoms with Crippen LogP contribution in [-0.4, -0.2) is 0 Å². The molecule has 0 heterocycles. The van der Waals surface area contributed by atoms with Crippen molar-refractivity contribution in [2.24, 2.45) is 0 Å². The Kier molecular flexibility index (Phi) is 14.6. The molecule has 71 heavy (non-hydrogen) atoms. The number of benzene rings is 10. The lowest BCUT2D eigenvalue weighted by molar-refractivity contribution is 1.27. The molecular formula is C69H54N2. The van der Waals surface area contributed by atoms with Crippen LogP contribution in [0, 0.1) is 0 Å². The first-order chi connectivity index (χ1) is 35.2. The molecule has 2 heteroatoms. The van der Waals surface area contributed by atoms with Gasteiger partial charge in [0, 0.05) is 34.1 Å². The van der Waals surface area contributed by atoms with Gasteiger partial charge in [0.15, 0.2) is 0 Å². The molecule has 0 bridgehead atoms. The van der Waals surface area contributed by atoms with Crippen LogP contribution in [0.3, 0.4) is 0 Å². The topological polar surface area (TPSA) is 6.48 Å². The molecule has 0 atom stereocenters. The fourth-order valence-electron chi connectivity index (χ4n) is 8.65. The second-order valence-corrected chi connectivity index (χ2v) is 17.5. The van der Waals surface area contributed by atoms with Gasteiger partial charge in [0.05, 0.1) is 0 Å². The summed E-state index contributed by atoms with van der Waals surface area (Å²) in [6, 6.07) is 94.9. The molecule has 10 aromatic rings. The van der Waals surface area contributed by atoms with Gasteiger partial charge in [-0.1, -0.05) is 243 Å². The Balaban J connectivity index is 0.917. The average Bonchev–Trinajstić information content (AvgIpc) is 3.44. The molecule has 0 fully saturated rings. The van der Waals surface area contributed by atoms with E-state index >= 15 is 0 Å². The molecule has 0 saturated carbocycles. The van der Waals surface area contributed by atoms with Gasteiger partial charge in [0.2, 0.25) is 0 Å². The fraction of sp³-hybridized carbons (Fsp3) is 0.0145. The maximum absolute atomic E-state index is 2.33. The summed E-state index contributed by atoms with van der Waals surface area (Å²) in [5.41, 5.74) is 18.3. The third-order valence-electron chi connectivity index (χ3n) is 12.5. The molecule has 0 aliphatic heterocycles. The molecule has 0 amide bonds. The highest BCUT2D eigenvalue weighted by Gasteiger charge is 2.15. The van der Waals surface area contributed by atoms with Crippen LogP contribution >= 0.6 is 0 Å². The number of anilines is 6. The molecule has 0 N–H and O–H groups in total. The first-order valence-electron chi connectivity index (χ1n) is 24.3. The molecule has 0 saturated heterocycles. The summed E-state index contributed by atoms with van der Waals surface area (Å²) in [5.74, 6) is 0. The zero-order valence-corrected chi connectivity index (χ0v) is 39.6. The van der Waals surface area contributed by atoms with Gasteiger partial charge in [0.1, 0.15) is 0 Å². The van der Waals surface area contributed by atoms with Gasteiger partial charge < -0.3 is 9.80 Å². The Morgan fingerprint density at radius 1 is 0.211 bits per heavy atom. The predicted molar refractivity (Wildman–Crippen MR) is 307 cm³/mol. The number of allylic oxidation sites excluding steroid dienone is 1. The average molecular weight is 911 g/mol. The Labute approximate surface area is 419 Å². The third kappa shape index (κ3) is 12.1. The minimum Gasteiger partial charge on any atom is -0.311 e. The number of hydrogen-bond acceptors (Lipinski definition) is 2. The van der Waals surface area contributed by atoms with Crippen LogP contribution in [0.5, 0.6) is 0 Å². The van der Waals surface area contributed by atoms with Gasteiger partial charge in [-0.15, -0.1) is 0 Å². The van der Waals surface area contributed by atoms with Crippen LogP contribution < -0.4 is 9.80 Å². The van der Waals surface area contributed by atoms with Gasteiger partial charge in [0.25, 0.3) is 0 Å². The van der Waals surface area contributed by atoms with Crippen molar-refractivity contribution in [3.8, 4) is 11.1 Å². The Hall–Kier alpha value is -9.24. The van der Waals surface area contributed by atoms with E-state index in [0.717, 1.165) is 68.4 Å². The molecule has 0 radical (unpaired) electrons. The highest BCUT2D eigenvalue weighted by atomic mass is 15.1. The summed E-state index contributed by atoms with van der Waals surface area (Å²) in [6.45, 7) is 0.